The fourth-order valence-electron chi connectivity index (χ4n) is 2.46. The summed E-state index contributed by atoms with van der Waals surface area (Å²) in [4.78, 5) is 0. The van der Waals surface area contributed by atoms with E-state index in [0.29, 0.717) is 11.0 Å². The largest absolute Gasteiger partial charge is 0.490 e. The molecule has 0 aliphatic heterocycles. The summed E-state index contributed by atoms with van der Waals surface area (Å²) in [5.74, 6) is 0.816. The van der Waals surface area contributed by atoms with Crippen LogP contribution in [0.4, 0.5) is 0 Å². The summed E-state index contributed by atoms with van der Waals surface area (Å²) in [6.45, 7) is 4.62. The van der Waals surface area contributed by atoms with E-state index in [1.54, 1.807) is 0 Å². The van der Waals surface area contributed by atoms with Crippen LogP contribution < -0.4 is 10.5 Å². The van der Waals surface area contributed by atoms with Gasteiger partial charge in [0, 0.05) is 0 Å². The summed E-state index contributed by atoms with van der Waals surface area (Å²) in [7, 11) is 0. The van der Waals surface area contributed by atoms with Crippen LogP contribution in [-0.2, 0) is 0 Å². The smallest absolute Gasteiger partial charge is 0.130 e. The molecule has 0 amide bonds. The van der Waals surface area contributed by atoms with Crippen molar-refractivity contribution in [2.45, 2.75) is 45.6 Å². The molecule has 1 aromatic carbocycles. The Hall–Kier alpha value is -1.51. The fourth-order valence-corrected chi connectivity index (χ4v) is 2.46. The van der Waals surface area contributed by atoms with Gasteiger partial charge in [0.15, 0.2) is 0 Å². The number of amidine groups is 1. The third-order valence-corrected chi connectivity index (χ3v) is 3.76. The Morgan fingerprint density at radius 1 is 1.28 bits per heavy atom. The lowest BCUT2D eigenvalue weighted by atomic mass is 9.76. The summed E-state index contributed by atoms with van der Waals surface area (Å²) < 4.78 is 6.02. The second-order valence-corrected chi connectivity index (χ2v) is 5.89. The van der Waals surface area contributed by atoms with Gasteiger partial charge in [-0.2, -0.15) is 0 Å². The molecule has 0 radical (unpaired) electrons. The molecule has 98 valence electrons. The minimum Gasteiger partial charge on any atom is -0.490 e. The van der Waals surface area contributed by atoms with Crippen LogP contribution in [-0.4, -0.2) is 11.9 Å². The molecule has 18 heavy (non-hydrogen) atoms. The monoisotopic (exact) mass is 246 g/mol. The molecule has 0 atom stereocenters. The first kappa shape index (κ1) is 12.9. The maximum atomic E-state index is 7.55. The summed E-state index contributed by atoms with van der Waals surface area (Å²) in [6, 6.07) is 7.54. The first-order valence-corrected chi connectivity index (χ1v) is 6.58. The number of ether oxygens (including phenoxy) is 1. The Balaban J connectivity index is 2.04. The molecule has 0 spiro atoms. The van der Waals surface area contributed by atoms with Crippen LogP contribution in [0, 0.1) is 10.8 Å². The zero-order chi connectivity index (χ0) is 13.2. The molecule has 0 aromatic heterocycles. The average molecular weight is 246 g/mol. The molecule has 0 unspecified atom stereocenters. The van der Waals surface area contributed by atoms with Gasteiger partial charge in [-0.3, -0.25) is 5.41 Å². The van der Waals surface area contributed by atoms with Crippen LogP contribution in [0.1, 0.15) is 45.1 Å². The molecule has 3 heteroatoms. The molecule has 2 rings (SSSR count). The fraction of sp³-hybridized carbons (Fsp3) is 0.533. The van der Waals surface area contributed by atoms with Crippen molar-refractivity contribution in [1.82, 2.24) is 0 Å². The Kier molecular flexibility index (Phi) is 3.60. The van der Waals surface area contributed by atoms with E-state index in [9.17, 15) is 0 Å². The van der Waals surface area contributed by atoms with Crippen molar-refractivity contribution in [3.63, 3.8) is 0 Å². The van der Waals surface area contributed by atoms with E-state index in [-0.39, 0.29) is 11.9 Å². The molecular formula is C15H22N2O. The molecule has 1 saturated carbocycles. The predicted octanol–water partition coefficient (Wildman–Crippen LogP) is 3.32. The van der Waals surface area contributed by atoms with Crippen molar-refractivity contribution in [1.29, 1.82) is 5.41 Å². The number of nitrogens with two attached hydrogens (primary N) is 1. The molecule has 1 aromatic rings. The Labute approximate surface area is 109 Å². The van der Waals surface area contributed by atoms with Gasteiger partial charge in [-0.05, 0) is 43.2 Å². The van der Waals surface area contributed by atoms with Gasteiger partial charge in [0.2, 0.25) is 0 Å². The van der Waals surface area contributed by atoms with Gasteiger partial charge in [0.05, 0.1) is 11.7 Å². The zero-order valence-corrected chi connectivity index (χ0v) is 11.2. The van der Waals surface area contributed by atoms with Crippen LogP contribution in [0.15, 0.2) is 24.3 Å². The lowest BCUT2D eigenvalue weighted by Gasteiger charge is -2.34. The van der Waals surface area contributed by atoms with E-state index < -0.39 is 0 Å². The van der Waals surface area contributed by atoms with Crippen LogP contribution in [0.2, 0.25) is 0 Å². The van der Waals surface area contributed by atoms with E-state index in [1.807, 2.05) is 24.3 Å². The highest BCUT2D eigenvalue weighted by atomic mass is 16.5. The standard InChI is InChI=1S/C15H22N2O/c1-15(2)9-7-11(8-10-15)18-13-6-4-3-5-12(13)14(16)17/h3-6,11H,7-10H2,1-2H3,(H3,16,17). The highest BCUT2D eigenvalue weighted by Crippen LogP contribution is 2.36. The van der Waals surface area contributed by atoms with E-state index >= 15 is 0 Å². The number of hydrogen-bond donors (Lipinski definition) is 2. The molecule has 0 heterocycles. The van der Waals surface area contributed by atoms with Gasteiger partial charge in [-0.15, -0.1) is 0 Å². The van der Waals surface area contributed by atoms with Crippen LogP contribution in [0.5, 0.6) is 5.75 Å². The maximum absolute atomic E-state index is 7.55. The number of hydrogen-bond acceptors (Lipinski definition) is 2. The van der Waals surface area contributed by atoms with E-state index in [4.69, 9.17) is 15.9 Å². The maximum Gasteiger partial charge on any atom is 0.130 e. The number of nitrogens with one attached hydrogen (secondary N) is 1. The molecule has 3 N–H and O–H groups in total. The number of para-hydroxylation sites is 1. The number of rotatable bonds is 3. The van der Waals surface area contributed by atoms with Crippen molar-refractivity contribution in [2.24, 2.45) is 11.1 Å². The lowest BCUT2D eigenvalue weighted by molar-refractivity contribution is 0.0986. The normalized spacial score (nSPS) is 19.4. The summed E-state index contributed by atoms with van der Waals surface area (Å²) >= 11 is 0. The highest BCUT2D eigenvalue weighted by molar-refractivity contribution is 5.97. The van der Waals surface area contributed by atoms with Crippen molar-refractivity contribution < 1.29 is 4.74 Å². The van der Waals surface area contributed by atoms with Crippen LogP contribution in [0.25, 0.3) is 0 Å². The van der Waals surface area contributed by atoms with Crippen molar-refractivity contribution in [3.8, 4) is 5.75 Å². The first-order valence-electron chi connectivity index (χ1n) is 6.58. The SMILES string of the molecule is CC1(C)CCC(Oc2ccccc2C(=N)N)CC1. The van der Waals surface area contributed by atoms with E-state index in [0.717, 1.165) is 18.6 Å². The Bertz CT molecular complexity index is 430. The summed E-state index contributed by atoms with van der Waals surface area (Å²) in [5, 5.41) is 7.55. The first-order chi connectivity index (χ1) is 8.48. The van der Waals surface area contributed by atoms with E-state index in [1.165, 1.54) is 12.8 Å². The predicted molar refractivity (Wildman–Crippen MR) is 74.1 cm³/mol. The minimum atomic E-state index is 0.0711. The lowest BCUT2D eigenvalue weighted by Crippen LogP contribution is -2.29. The molecule has 3 nitrogen and oxygen atoms in total. The van der Waals surface area contributed by atoms with Gasteiger partial charge in [0.1, 0.15) is 11.6 Å². The zero-order valence-electron chi connectivity index (χ0n) is 11.2. The second-order valence-electron chi connectivity index (χ2n) is 5.89. The topological polar surface area (TPSA) is 59.1 Å². The van der Waals surface area contributed by atoms with Gasteiger partial charge in [0.25, 0.3) is 0 Å². The molecule has 1 aliphatic carbocycles. The number of benzene rings is 1. The molecule has 0 saturated heterocycles. The van der Waals surface area contributed by atoms with Crippen LogP contribution in [0.3, 0.4) is 0 Å². The quantitative estimate of drug-likeness (QED) is 0.635. The average Bonchev–Trinajstić information content (AvgIpc) is 2.32. The van der Waals surface area contributed by atoms with Gasteiger partial charge < -0.3 is 10.5 Å². The highest BCUT2D eigenvalue weighted by Gasteiger charge is 2.28. The third kappa shape index (κ3) is 3.03. The second kappa shape index (κ2) is 5.01. The van der Waals surface area contributed by atoms with Gasteiger partial charge in [-0.1, -0.05) is 26.0 Å². The van der Waals surface area contributed by atoms with E-state index in [2.05, 4.69) is 13.8 Å². The minimum absolute atomic E-state index is 0.0711. The Morgan fingerprint density at radius 3 is 2.50 bits per heavy atom. The van der Waals surface area contributed by atoms with Crippen molar-refractivity contribution in [3.05, 3.63) is 29.8 Å². The Morgan fingerprint density at radius 2 is 1.89 bits per heavy atom. The molecular weight excluding hydrogens is 224 g/mol. The third-order valence-electron chi connectivity index (χ3n) is 3.76. The molecule has 1 fully saturated rings. The van der Waals surface area contributed by atoms with Crippen molar-refractivity contribution >= 4 is 5.84 Å². The summed E-state index contributed by atoms with van der Waals surface area (Å²) in [5.41, 5.74) is 6.71. The molecule has 1 aliphatic rings. The van der Waals surface area contributed by atoms with Gasteiger partial charge >= 0.3 is 0 Å². The van der Waals surface area contributed by atoms with Crippen LogP contribution >= 0.6 is 0 Å². The molecule has 0 bridgehead atoms. The van der Waals surface area contributed by atoms with Crippen molar-refractivity contribution in [2.75, 3.05) is 0 Å². The number of nitrogen functional groups attached to an aromatic ring is 1. The summed E-state index contributed by atoms with van der Waals surface area (Å²) in [6.07, 6.45) is 4.82. The van der Waals surface area contributed by atoms with Gasteiger partial charge in [-0.25, -0.2) is 0 Å².